The molecule has 2 aromatic rings. The van der Waals surface area contributed by atoms with Crippen LogP contribution in [0.2, 0.25) is 0 Å². The number of piperidine rings is 1. The van der Waals surface area contributed by atoms with Crippen LogP contribution in [0.1, 0.15) is 35.2 Å². The van der Waals surface area contributed by atoms with Crippen LogP contribution in [0.5, 0.6) is 0 Å². The van der Waals surface area contributed by atoms with Gasteiger partial charge in [-0.15, -0.1) is 0 Å². The van der Waals surface area contributed by atoms with Crippen LogP contribution in [0.15, 0.2) is 54.6 Å². The van der Waals surface area contributed by atoms with E-state index in [1.807, 2.05) is 48.5 Å². The summed E-state index contributed by atoms with van der Waals surface area (Å²) in [4.78, 5) is 26.5. The molecule has 1 aliphatic rings. The van der Waals surface area contributed by atoms with E-state index in [0.29, 0.717) is 5.56 Å². The lowest BCUT2D eigenvalue weighted by Crippen LogP contribution is -2.49. The molecular formula is C21H25N3O3. The van der Waals surface area contributed by atoms with Crippen LogP contribution in [-0.2, 0) is 11.2 Å². The minimum atomic E-state index is -1.01. The molecule has 1 aliphatic heterocycles. The van der Waals surface area contributed by atoms with Gasteiger partial charge in [-0.05, 0) is 37.0 Å². The fourth-order valence-electron chi connectivity index (χ4n) is 3.35. The molecule has 3 rings (SSSR count). The van der Waals surface area contributed by atoms with Crippen molar-refractivity contribution in [3.63, 3.8) is 0 Å². The number of carboxylic acid groups (broad SMARTS) is 1. The van der Waals surface area contributed by atoms with Crippen molar-refractivity contribution in [1.29, 1.82) is 0 Å². The average molecular weight is 367 g/mol. The van der Waals surface area contributed by atoms with Crippen LogP contribution in [0, 0.1) is 0 Å². The zero-order valence-electron chi connectivity index (χ0n) is 15.2. The van der Waals surface area contributed by atoms with Gasteiger partial charge in [0, 0.05) is 25.2 Å². The SMILES string of the molecule is O=C(NN[C@@H](Cc1ccccc1)C(=O)O)c1ccccc1N1CCCCC1. The van der Waals surface area contributed by atoms with E-state index in [1.54, 1.807) is 6.07 Å². The number of hydrazine groups is 1. The second-order valence-electron chi connectivity index (χ2n) is 6.74. The lowest BCUT2D eigenvalue weighted by atomic mass is 10.1. The smallest absolute Gasteiger partial charge is 0.322 e. The monoisotopic (exact) mass is 367 g/mol. The Kier molecular flexibility index (Phi) is 6.44. The fraction of sp³-hybridized carbons (Fsp3) is 0.333. The molecule has 0 unspecified atom stereocenters. The number of amides is 1. The summed E-state index contributed by atoms with van der Waals surface area (Å²) in [5, 5.41) is 9.45. The van der Waals surface area contributed by atoms with E-state index in [1.165, 1.54) is 6.42 Å². The molecule has 0 aromatic heterocycles. The van der Waals surface area contributed by atoms with E-state index in [2.05, 4.69) is 15.8 Å². The number of carbonyl (C=O) groups is 2. The van der Waals surface area contributed by atoms with Crippen molar-refractivity contribution in [2.75, 3.05) is 18.0 Å². The van der Waals surface area contributed by atoms with Crippen LogP contribution in [0.3, 0.4) is 0 Å². The highest BCUT2D eigenvalue weighted by Gasteiger charge is 2.21. The first kappa shape index (κ1) is 18.9. The van der Waals surface area contributed by atoms with Crippen LogP contribution in [-0.4, -0.2) is 36.1 Å². The molecule has 1 saturated heterocycles. The normalized spacial score (nSPS) is 15.2. The van der Waals surface area contributed by atoms with E-state index in [9.17, 15) is 14.7 Å². The molecular weight excluding hydrogens is 342 g/mol. The fourth-order valence-corrected chi connectivity index (χ4v) is 3.35. The summed E-state index contributed by atoms with van der Waals surface area (Å²) in [5.74, 6) is -1.33. The highest BCUT2D eigenvalue weighted by atomic mass is 16.4. The van der Waals surface area contributed by atoms with E-state index in [0.717, 1.165) is 37.2 Å². The summed E-state index contributed by atoms with van der Waals surface area (Å²) in [6.45, 7) is 1.87. The van der Waals surface area contributed by atoms with Gasteiger partial charge in [0.25, 0.3) is 5.91 Å². The predicted molar refractivity (Wildman–Crippen MR) is 105 cm³/mol. The van der Waals surface area contributed by atoms with Crippen LogP contribution in [0.25, 0.3) is 0 Å². The Balaban J connectivity index is 1.66. The van der Waals surface area contributed by atoms with Crippen molar-refractivity contribution in [2.45, 2.75) is 31.7 Å². The highest BCUT2D eigenvalue weighted by Crippen LogP contribution is 2.23. The Morgan fingerprint density at radius 2 is 1.63 bits per heavy atom. The summed E-state index contributed by atoms with van der Waals surface area (Å²) in [6.07, 6.45) is 3.73. The maximum Gasteiger partial charge on any atom is 0.322 e. The second kappa shape index (κ2) is 9.19. The topological polar surface area (TPSA) is 81.7 Å². The highest BCUT2D eigenvalue weighted by molar-refractivity contribution is 5.99. The van der Waals surface area contributed by atoms with Crippen molar-refractivity contribution in [3.8, 4) is 0 Å². The molecule has 0 saturated carbocycles. The number of hydrogen-bond acceptors (Lipinski definition) is 4. The van der Waals surface area contributed by atoms with Crippen LogP contribution < -0.4 is 15.8 Å². The molecule has 1 amide bonds. The number of nitrogens with zero attached hydrogens (tertiary/aromatic N) is 1. The van der Waals surface area contributed by atoms with Gasteiger partial charge in [0.15, 0.2) is 0 Å². The molecule has 0 bridgehead atoms. The van der Waals surface area contributed by atoms with Gasteiger partial charge >= 0.3 is 5.97 Å². The number of rotatable bonds is 7. The third kappa shape index (κ3) is 5.08. The van der Waals surface area contributed by atoms with Gasteiger partial charge < -0.3 is 10.0 Å². The van der Waals surface area contributed by atoms with Gasteiger partial charge in [0.2, 0.25) is 0 Å². The number of para-hydroxylation sites is 1. The van der Waals surface area contributed by atoms with E-state index in [4.69, 9.17) is 0 Å². The van der Waals surface area contributed by atoms with Gasteiger partial charge in [-0.2, -0.15) is 0 Å². The van der Waals surface area contributed by atoms with Crippen molar-refractivity contribution >= 4 is 17.6 Å². The van der Waals surface area contributed by atoms with Crippen molar-refractivity contribution in [3.05, 3.63) is 65.7 Å². The Morgan fingerprint density at radius 1 is 0.963 bits per heavy atom. The quantitative estimate of drug-likeness (QED) is 0.656. The largest absolute Gasteiger partial charge is 0.480 e. The number of carbonyl (C=O) groups excluding carboxylic acids is 1. The molecule has 3 N–H and O–H groups in total. The number of aliphatic carboxylic acids is 1. The van der Waals surface area contributed by atoms with Crippen LogP contribution >= 0.6 is 0 Å². The molecule has 0 aliphatic carbocycles. The molecule has 1 heterocycles. The van der Waals surface area contributed by atoms with Gasteiger partial charge in [0.1, 0.15) is 6.04 Å². The average Bonchev–Trinajstić information content (AvgIpc) is 2.72. The number of hydrogen-bond donors (Lipinski definition) is 3. The molecule has 2 aromatic carbocycles. The van der Waals surface area contributed by atoms with Gasteiger partial charge in [-0.1, -0.05) is 42.5 Å². The Hall–Kier alpha value is -2.86. The first-order valence-electron chi connectivity index (χ1n) is 9.32. The molecule has 142 valence electrons. The van der Waals surface area contributed by atoms with Crippen molar-refractivity contribution in [2.24, 2.45) is 0 Å². The van der Waals surface area contributed by atoms with E-state index in [-0.39, 0.29) is 12.3 Å². The van der Waals surface area contributed by atoms with Crippen LogP contribution in [0.4, 0.5) is 5.69 Å². The van der Waals surface area contributed by atoms with Gasteiger partial charge in [-0.25, -0.2) is 5.43 Å². The minimum Gasteiger partial charge on any atom is -0.480 e. The van der Waals surface area contributed by atoms with Gasteiger partial charge in [0.05, 0.1) is 5.56 Å². The van der Waals surface area contributed by atoms with Crippen molar-refractivity contribution in [1.82, 2.24) is 10.9 Å². The number of carboxylic acids is 1. The molecule has 27 heavy (non-hydrogen) atoms. The zero-order valence-corrected chi connectivity index (χ0v) is 15.2. The zero-order chi connectivity index (χ0) is 19.1. The van der Waals surface area contributed by atoms with Crippen molar-refractivity contribution < 1.29 is 14.7 Å². The molecule has 6 heteroatoms. The summed E-state index contributed by atoms with van der Waals surface area (Å²) in [5.41, 5.74) is 7.60. The lowest BCUT2D eigenvalue weighted by Gasteiger charge is -2.30. The third-order valence-corrected chi connectivity index (χ3v) is 4.79. The summed E-state index contributed by atoms with van der Waals surface area (Å²) >= 11 is 0. The molecule has 0 spiro atoms. The van der Waals surface area contributed by atoms with E-state index >= 15 is 0 Å². The maximum atomic E-state index is 12.7. The van der Waals surface area contributed by atoms with Gasteiger partial charge in [-0.3, -0.25) is 15.0 Å². The Bertz CT molecular complexity index is 773. The van der Waals surface area contributed by atoms with E-state index < -0.39 is 12.0 Å². The number of nitrogens with one attached hydrogen (secondary N) is 2. The molecule has 0 radical (unpaired) electrons. The summed E-state index contributed by atoms with van der Waals surface area (Å²) in [7, 11) is 0. The first-order chi connectivity index (χ1) is 13.1. The summed E-state index contributed by atoms with van der Waals surface area (Å²) < 4.78 is 0. The Morgan fingerprint density at radius 3 is 2.33 bits per heavy atom. The number of benzene rings is 2. The Labute approximate surface area is 159 Å². The molecule has 1 atom stereocenters. The second-order valence-corrected chi connectivity index (χ2v) is 6.74. The lowest BCUT2D eigenvalue weighted by molar-refractivity contribution is -0.139. The maximum absolute atomic E-state index is 12.7. The first-order valence-corrected chi connectivity index (χ1v) is 9.32. The number of anilines is 1. The minimum absolute atomic E-state index is 0.282. The molecule has 1 fully saturated rings. The third-order valence-electron chi connectivity index (χ3n) is 4.79. The molecule has 6 nitrogen and oxygen atoms in total. The summed E-state index contributed by atoms with van der Waals surface area (Å²) in [6, 6.07) is 15.9. The predicted octanol–water partition coefficient (Wildman–Crippen LogP) is 2.61. The standard InChI is InChI=1S/C21H25N3O3/c25-20(17-11-5-6-12-19(17)24-13-7-2-8-14-24)23-22-18(21(26)27)15-16-9-3-1-4-10-16/h1,3-6,9-12,18,22H,2,7-8,13-15H2,(H,23,25)(H,26,27)/t18-/m0/s1.